The van der Waals surface area contributed by atoms with Gasteiger partial charge in [0, 0.05) is 23.9 Å². The molecule has 0 unspecified atom stereocenters. The normalized spacial score (nSPS) is 21.4. The molecule has 3 aromatic rings. The third kappa shape index (κ3) is 4.79. The van der Waals surface area contributed by atoms with Gasteiger partial charge in [0.15, 0.2) is 0 Å². The predicted molar refractivity (Wildman–Crippen MR) is 140 cm³/mol. The molecule has 3 atom stereocenters. The molecule has 0 saturated carbocycles. The van der Waals surface area contributed by atoms with Crippen LogP contribution in [0.5, 0.6) is 0 Å². The summed E-state index contributed by atoms with van der Waals surface area (Å²) in [5.41, 5.74) is 4.27. The Hall–Kier alpha value is -3.66. The van der Waals surface area contributed by atoms with E-state index in [1.54, 1.807) is 17.0 Å². The summed E-state index contributed by atoms with van der Waals surface area (Å²) in [6, 6.07) is 25.3. The molecule has 3 aromatic carbocycles. The highest BCUT2D eigenvalue weighted by Crippen LogP contribution is 2.52. The fourth-order valence-electron chi connectivity index (χ4n) is 5.19. The van der Waals surface area contributed by atoms with Gasteiger partial charge in [0.25, 0.3) is 0 Å². The van der Waals surface area contributed by atoms with Crippen LogP contribution in [0.2, 0.25) is 0 Å². The zero-order valence-corrected chi connectivity index (χ0v) is 20.3. The van der Waals surface area contributed by atoms with E-state index in [1.807, 2.05) is 45.0 Å². The molecule has 0 saturated heterocycles. The summed E-state index contributed by atoms with van der Waals surface area (Å²) in [5, 5.41) is 0. The Labute approximate surface area is 206 Å². The van der Waals surface area contributed by atoms with Crippen molar-refractivity contribution in [1.29, 1.82) is 0 Å². The van der Waals surface area contributed by atoms with Crippen molar-refractivity contribution in [2.24, 2.45) is 11.8 Å². The zero-order valence-electron chi connectivity index (χ0n) is 20.3. The number of hydrogen-bond acceptors (Lipinski definition) is 2. The van der Waals surface area contributed by atoms with Crippen molar-refractivity contribution in [3.05, 3.63) is 114 Å². The van der Waals surface area contributed by atoms with Gasteiger partial charge >= 0.3 is 6.09 Å². The quantitative estimate of drug-likeness (QED) is 0.395. The molecule has 0 aromatic heterocycles. The van der Waals surface area contributed by atoms with Crippen LogP contribution in [-0.2, 0) is 4.74 Å². The third-order valence-electron chi connectivity index (χ3n) is 6.69. The molecular weight excluding hydrogens is 437 g/mol. The highest BCUT2D eigenvalue weighted by atomic mass is 19.1. The van der Waals surface area contributed by atoms with E-state index >= 15 is 0 Å². The van der Waals surface area contributed by atoms with Crippen molar-refractivity contribution >= 4 is 23.4 Å². The first-order valence-electron chi connectivity index (χ1n) is 12.1. The van der Waals surface area contributed by atoms with Crippen molar-refractivity contribution in [1.82, 2.24) is 0 Å². The molecule has 1 amide bonds. The second kappa shape index (κ2) is 9.18. The first-order valence-corrected chi connectivity index (χ1v) is 12.1. The number of ether oxygens (including phenoxy) is 1. The highest BCUT2D eigenvalue weighted by molar-refractivity contribution is 5.96. The van der Waals surface area contributed by atoms with E-state index in [4.69, 9.17) is 4.74 Å². The minimum atomic E-state index is -0.623. The summed E-state index contributed by atoms with van der Waals surface area (Å²) < 4.78 is 20.2. The maximum absolute atomic E-state index is 14.5. The van der Waals surface area contributed by atoms with Crippen molar-refractivity contribution in [3.63, 3.8) is 0 Å². The molecule has 1 aliphatic heterocycles. The molecule has 1 aliphatic carbocycles. The second-order valence-corrected chi connectivity index (χ2v) is 10.3. The Bertz CT molecular complexity index is 1270. The number of carbonyl (C=O) groups is 1. The fourth-order valence-corrected chi connectivity index (χ4v) is 5.19. The molecule has 0 bridgehead atoms. The SMILES string of the molecule is CC(C)(C)OC(=O)N1C[C@@H]2C(=C[C@H](c3ccccc3)[C@H]2/C=C/c2ccccc2)c2cc(F)ccc21. The molecule has 0 N–H and O–H groups in total. The van der Waals surface area contributed by atoms with Crippen LogP contribution in [0, 0.1) is 17.7 Å². The minimum absolute atomic E-state index is 0.0157. The Morgan fingerprint density at radius 2 is 1.69 bits per heavy atom. The number of hydrogen-bond donors (Lipinski definition) is 0. The lowest BCUT2D eigenvalue weighted by Crippen LogP contribution is -2.43. The number of fused-ring (bicyclic) bond motifs is 3. The lowest BCUT2D eigenvalue weighted by molar-refractivity contribution is 0.0574. The number of allylic oxidation sites excluding steroid dienone is 2. The van der Waals surface area contributed by atoms with Gasteiger partial charge in [-0.05, 0) is 61.6 Å². The van der Waals surface area contributed by atoms with Gasteiger partial charge in [0.1, 0.15) is 11.4 Å². The Morgan fingerprint density at radius 1 is 1.00 bits per heavy atom. The van der Waals surface area contributed by atoms with Crippen molar-refractivity contribution in [3.8, 4) is 0 Å². The molecule has 0 fully saturated rings. The average Bonchev–Trinajstić information content (AvgIpc) is 3.21. The maximum atomic E-state index is 14.5. The van der Waals surface area contributed by atoms with E-state index in [9.17, 15) is 9.18 Å². The molecule has 178 valence electrons. The van der Waals surface area contributed by atoms with E-state index in [-0.39, 0.29) is 23.6 Å². The van der Waals surface area contributed by atoms with Crippen LogP contribution in [0.15, 0.2) is 91.0 Å². The molecule has 4 heteroatoms. The van der Waals surface area contributed by atoms with Crippen molar-refractivity contribution in [2.45, 2.75) is 32.3 Å². The van der Waals surface area contributed by atoms with E-state index < -0.39 is 11.7 Å². The molecule has 1 heterocycles. The largest absolute Gasteiger partial charge is 0.443 e. The summed E-state index contributed by atoms with van der Waals surface area (Å²) >= 11 is 0. The lowest BCUT2D eigenvalue weighted by Gasteiger charge is -2.37. The van der Waals surface area contributed by atoms with E-state index in [0.717, 1.165) is 16.7 Å². The summed E-state index contributed by atoms with van der Waals surface area (Å²) in [5.74, 6) is -0.0733. The van der Waals surface area contributed by atoms with E-state index in [1.165, 1.54) is 11.6 Å². The Balaban J connectivity index is 1.59. The number of nitrogens with zero attached hydrogens (tertiary/aromatic N) is 1. The maximum Gasteiger partial charge on any atom is 0.414 e. The molecular formula is C31H30FNO2. The third-order valence-corrected chi connectivity index (χ3v) is 6.69. The van der Waals surface area contributed by atoms with Gasteiger partial charge in [-0.25, -0.2) is 9.18 Å². The molecule has 0 spiro atoms. The van der Waals surface area contributed by atoms with Gasteiger partial charge in [0.05, 0.1) is 5.69 Å². The number of amides is 1. The second-order valence-electron chi connectivity index (χ2n) is 10.3. The molecule has 2 aliphatic rings. The number of benzene rings is 3. The first-order chi connectivity index (χ1) is 16.8. The van der Waals surface area contributed by atoms with Crippen LogP contribution in [0.25, 0.3) is 11.6 Å². The summed E-state index contributed by atoms with van der Waals surface area (Å²) in [6.45, 7) is 6.06. The first kappa shape index (κ1) is 23.1. The molecule has 35 heavy (non-hydrogen) atoms. The van der Waals surface area contributed by atoms with Crippen LogP contribution < -0.4 is 4.90 Å². The monoisotopic (exact) mass is 467 g/mol. The molecule has 0 radical (unpaired) electrons. The zero-order chi connectivity index (χ0) is 24.6. The lowest BCUT2D eigenvalue weighted by atomic mass is 9.79. The fraction of sp³-hybridized carbons (Fsp3) is 0.258. The highest BCUT2D eigenvalue weighted by Gasteiger charge is 2.43. The van der Waals surface area contributed by atoms with Gasteiger partial charge in [-0.3, -0.25) is 4.90 Å². The topological polar surface area (TPSA) is 29.5 Å². The van der Waals surface area contributed by atoms with Gasteiger partial charge in [0.2, 0.25) is 0 Å². The van der Waals surface area contributed by atoms with Crippen LogP contribution in [0.1, 0.15) is 43.4 Å². The standard InChI is InChI=1S/C31H30FNO2/c1-31(2,3)35-30(34)33-20-28-24(16-14-21-10-6-4-7-11-21)25(22-12-8-5-9-13-22)19-26(28)27-18-23(32)15-17-29(27)33/h4-19,24-25,28H,20H2,1-3H3/b16-14+/t24-,25-,28+/m1/s1. The number of anilines is 1. The van der Waals surface area contributed by atoms with Crippen LogP contribution in [0.3, 0.4) is 0 Å². The minimum Gasteiger partial charge on any atom is -0.443 e. The van der Waals surface area contributed by atoms with Crippen LogP contribution in [-0.4, -0.2) is 18.2 Å². The van der Waals surface area contributed by atoms with Crippen LogP contribution in [0.4, 0.5) is 14.9 Å². The summed E-state index contributed by atoms with van der Waals surface area (Å²) in [4.78, 5) is 14.9. The Kier molecular flexibility index (Phi) is 6.06. The van der Waals surface area contributed by atoms with Gasteiger partial charge < -0.3 is 4.74 Å². The summed E-state index contributed by atoms with van der Waals surface area (Å²) in [7, 11) is 0. The van der Waals surface area contributed by atoms with Crippen molar-refractivity contribution < 1.29 is 13.9 Å². The van der Waals surface area contributed by atoms with Gasteiger partial charge in [-0.15, -0.1) is 0 Å². The average molecular weight is 468 g/mol. The van der Waals surface area contributed by atoms with Gasteiger partial charge in [-0.1, -0.05) is 78.9 Å². The van der Waals surface area contributed by atoms with Crippen molar-refractivity contribution in [2.75, 3.05) is 11.4 Å². The van der Waals surface area contributed by atoms with E-state index in [2.05, 4.69) is 54.6 Å². The predicted octanol–water partition coefficient (Wildman–Crippen LogP) is 7.71. The number of carbonyl (C=O) groups excluding carboxylic acids is 1. The van der Waals surface area contributed by atoms with Crippen LogP contribution >= 0.6 is 0 Å². The number of halogens is 1. The van der Waals surface area contributed by atoms with Gasteiger partial charge in [-0.2, -0.15) is 0 Å². The molecule has 3 nitrogen and oxygen atoms in total. The summed E-state index contributed by atoms with van der Waals surface area (Å²) in [6.07, 6.45) is 6.26. The smallest absolute Gasteiger partial charge is 0.414 e. The van der Waals surface area contributed by atoms with E-state index in [0.29, 0.717) is 12.2 Å². The number of rotatable bonds is 3. The Morgan fingerprint density at radius 3 is 2.37 bits per heavy atom. The molecule has 5 rings (SSSR count).